The molecule has 3 N–H and O–H groups in total. The van der Waals surface area contributed by atoms with E-state index in [9.17, 15) is 4.79 Å². The zero-order valence-electron chi connectivity index (χ0n) is 14.6. The molecule has 0 saturated carbocycles. The fourth-order valence-corrected chi connectivity index (χ4v) is 3.63. The quantitative estimate of drug-likeness (QED) is 0.537. The molecule has 5 heteroatoms. The molecular formula is C21H23BrN2O2. The van der Waals surface area contributed by atoms with Gasteiger partial charge < -0.3 is 15.4 Å². The van der Waals surface area contributed by atoms with Gasteiger partial charge in [0.15, 0.2) is 0 Å². The minimum atomic E-state index is -0.969. The van der Waals surface area contributed by atoms with Gasteiger partial charge >= 0.3 is 5.97 Å². The smallest absolute Gasteiger partial charge is 0.320 e. The van der Waals surface area contributed by atoms with Crippen LogP contribution in [0.25, 0.3) is 10.9 Å². The summed E-state index contributed by atoms with van der Waals surface area (Å²) in [4.78, 5) is 11.1. The van der Waals surface area contributed by atoms with Gasteiger partial charge in [-0.1, -0.05) is 46.3 Å². The molecule has 2 aromatic carbocycles. The van der Waals surface area contributed by atoms with Crippen molar-refractivity contribution < 1.29 is 9.90 Å². The third-order valence-corrected chi connectivity index (χ3v) is 5.13. The number of aliphatic carboxylic acids is 1. The first-order valence-corrected chi connectivity index (χ1v) is 9.63. The van der Waals surface area contributed by atoms with Gasteiger partial charge in [0.05, 0.1) is 0 Å². The lowest BCUT2D eigenvalue weighted by molar-refractivity contribution is -0.138. The predicted octanol–water partition coefficient (Wildman–Crippen LogP) is 4.38. The summed E-state index contributed by atoms with van der Waals surface area (Å²) in [6.07, 6.45) is 5.65. The van der Waals surface area contributed by atoms with E-state index in [2.05, 4.69) is 57.0 Å². The number of hydrogen-bond acceptors (Lipinski definition) is 2. The third-order valence-electron chi connectivity index (χ3n) is 4.64. The summed E-state index contributed by atoms with van der Waals surface area (Å²) in [5.41, 5.74) is 9.23. The molecule has 3 aromatic rings. The van der Waals surface area contributed by atoms with Crippen LogP contribution in [-0.2, 0) is 24.2 Å². The average molecular weight is 415 g/mol. The van der Waals surface area contributed by atoms with Crippen LogP contribution in [-0.4, -0.2) is 21.7 Å². The largest absolute Gasteiger partial charge is 0.480 e. The van der Waals surface area contributed by atoms with Gasteiger partial charge in [0, 0.05) is 34.5 Å². The first kappa shape index (κ1) is 18.7. The molecule has 0 spiro atoms. The zero-order valence-corrected chi connectivity index (χ0v) is 16.2. The molecule has 1 unspecified atom stereocenters. The molecule has 0 aliphatic rings. The van der Waals surface area contributed by atoms with Gasteiger partial charge in [-0.25, -0.2) is 0 Å². The van der Waals surface area contributed by atoms with Gasteiger partial charge in [-0.3, -0.25) is 4.79 Å². The average Bonchev–Trinajstić information content (AvgIpc) is 2.96. The van der Waals surface area contributed by atoms with Gasteiger partial charge in [-0.15, -0.1) is 0 Å². The van der Waals surface area contributed by atoms with E-state index in [1.54, 1.807) is 0 Å². The van der Waals surface area contributed by atoms with Crippen molar-refractivity contribution in [1.29, 1.82) is 0 Å². The van der Waals surface area contributed by atoms with Crippen LogP contribution >= 0.6 is 15.9 Å². The Morgan fingerprint density at radius 3 is 2.65 bits per heavy atom. The van der Waals surface area contributed by atoms with Crippen molar-refractivity contribution >= 4 is 32.8 Å². The number of nitrogens with zero attached hydrogens (tertiary/aromatic N) is 1. The van der Waals surface area contributed by atoms with Crippen molar-refractivity contribution in [2.75, 3.05) is 0 Å². The van der Waals surface area contributed by atoms with E-state index < -0.39 is 12.0 Å². The van der Waals surface area contributed by atoms with Crippen LogP contribution in [0.3, 0.4) is 0 Å². The fraction of sp³-hybridized carbons (Fsp3) is 0.286. The lowest BCUT2D eigenvalue weighted by Gasteiger charge is -2.06. The summed E-state index contributed by atoms with van der Waals surface area (Å²) in [6.45, 7) is 0.910. The number of carboxylic acids is 1. The second kappa shape index (κ2) is 8.52. The van der Waals surface area contributed by atoms with Crippen LogP contribution in [0.1, 0.15) is 24.0 Å². The zero-order chi connectivity index (χ0) is 18.5. The van der Waals surface area contributed by atoms with E-state index in [0.717, 1.165) is 46.7 Å². The van der Waals surface area contributed by atoms with Crippen molar-refractivity contribution in [3.05, 3.63) is 70.3 Å². The molecule has 0 aliphatic carbocycles. The second-order valence-corrected chi connectivity index (χ2v) is 7.52. The summed E-state index contributed by atoms with van der Waals surface area (Å²) in [5, 5.41) is 10.2. The Balaban J connectivity index is 1.72. The van der Waals surface area contributed by atoms with E-state index in [4.69, 9.17) is 10.8 Å². The summed E-state index contributed by atoms with van der Waals surface area (Å²) < 4.78 is 3.20. The molecule has 3 rings (SSSR count). The number of rotatable bonds is 8. The maximum atomic E-state index is 11.1. The number of aryl methyl sites for hydroxylation is 2. The number of halogens is 1. The number of carboxylic acid groups (broad SMARTS) is 1. The molecule has 1 atom stereocenters. The molecule has 1 heterocycles. The van der Waals surface area contributed by atoms with E-state index in [1.807, 2.05) is 18.2 Å². The standard InChI is InChI=1S/C21H23BrN2O2/c22-17-9-10-20-18(13-17)16(12-19(23)21(25)26)14-24(20)11-5-4-8-15-6-2-1-3-7-15/h1-3,6-7,9-10,13-14,19H,4-5,8,11-12,23H2,(H,25,26). The summed E-state index contributed by atoms with van der Waals surface area (Å²) in [6, 6.07) is 15.8. The normalized spacial score (nSPS) is 12.4. The minimum absolute atomic E-state index is 0.333. The van der Waals surface area contributed by atoms with Crippen LogP contribution in [0.15, 0.2) is 59.2 Å². The summed E-state index contributed by atoms with van der Waals surface area (Å²) in [7, 11) is 0. The fourth-order valence-electron chi connectivity index (χ4n) is 3.27. The van der Waals surface area contributed by atoms with Crippen LogP contribution in [0.4, 0.5) is 0 Å². The van der Waals surface area contributed by atoms with Gasteiger partial charge in [0.1, 0.15) is 6.04 Å². The Kier molecular flexibility index (Phi) is 6.12. The van der Waals surface area contributed by atoms with Crippen LogP contribution < -0.4 is 5.73 Å². The maximum Gasteiger partial charge on any atom is 0.320 e. The van der Waals surface area contributed by atoms with Crippen LogP contribution in [0.5, 0.6) is 0 Å². The molecule has 136 valence electrons. The summed E-state index contributed by atoms with van der Waals surface area (Å²) in [5.74, 6) is -0.969. The van der Waals surface area contributed by atoms with E-state index in [0.29, 0.717) is 6.42 Å². The van der Waals surface area contributed by atoms with Crippen molar-refractivity contribution in [2.24, 2.45) is 5.73 Å². The molecular weight excluding hydrogens is 392 g/mol. The highest BCUT2D eigenvalue weighted by Crippen LogP contribution is 2.26. The van der Waals surface area contributed by atoms with Crippen molar-refractivity contribution in [1.82, 2.24) is 4.57 Å². The second-order valence-electron chi connectivity index (χ2n) is 6.60. The lowest BCUT2D eigenvalue weighted by atomic mass is 10.1. The van der Waals surface area contributed by atoms with Gasteiger partial charge in [-0.05, 0) is 48.6 Å². The Hall–Kier alpha value is -2.11. The topological polar surface area (TPSA) is 68.2 Å². The highest BCUT2D eigenvalue weighted by Gasteiger charge is 2.16. The van der Waals surface area contributed by atoms with Gasteiger partial charge in [0.25, 0.3) is 0 Å². The molecule has 26 heavy (non-hydrogen) atoms. The molecule has 0 amide bonds. The Bertz CT molecular complexity index is 890. The first-order chi connectivity index (χ1) is 12.5. The number of fused-ring (bicyclic) bond motifs is 1. The van der Waals surface area contributed by atoms with Crippen molar-refractivity contribution in [3.8, 4) is 0 Å². The van der Waals surface area contributed by atoms with Crippen LogP contribution in [0, 0.1) is 0 Å². The predicted molar refractivity (Wildman–Crippen MR) is 108 cm³/mol. The number of hydrogen-bond donors (Lipinski definition) is 2. The molecule has 0 aliphatic heterocycles. The minimum Gasteiger partial charge on any atom is -0.480 e. The summed E-state index contributed by atoms with van der Waals surface area (Å²) >= 11 is 3.50. The highest BCUT2D eigenvalue weighted by atomic mass is 79.9. The van der Waals surface area contributed by atoms with Crippen LogP contribution in [0.2, 0.25) is 0 Å². The number of nitrogens with two attached hydrogens (primary N) is 1. The molecule has 0 radical (unpaired) electrons. The number of aromatic nitrogens is 1. The van der Waals surface area contributed by atoms with Crippen molar-refractivity contribution in [3.63, 3.8) is 0 Å². The molecule has 0 fully saturated rings. The molecule has 4 nitrogen and oxygen atoms in total. The Morgan fingerprint density at radius 2 is 1.92 bits per heavy atom. The first-order valence-electron chi connectivity index (χ1n) is 8.84. The third kappa shape index (κ3) is 4.54. The van der Waals surface area contributed by atoms with Gasteiger partial charge in [-0.2, -0.15) is 0 Å². The Morgan fingerprint density at radius 1 is 1.15 bits per heavy atom. The Labute approximate surface area is 161 Å². The van der Waals surface area contributed by atoms with E-state index in [-0.39, 0.29) is 0 Å². The molecule has 1 aromatic heterocycles. The van der Waals surface area contributed by atoms with E-state index >= 15 is 0 Å². The molecule has 0 bridgehead atoms. The lowest BCUT2D eigenvalue weighted by Crippen LogP contribution is -2.32. The maximum absolute atomic E-state index is 11.1. The SMILES string of the molecule is NC(Cc1cn(CCCCc2ccccc2)c2ccc(Br)cc12)C(=O)O. The van der Waals surface area contributed by atoms with Gasteiger partial charge in [0.2, 0.25) is 0 Å². The number of unbranched alkanes of at least 4 members (excludes halogenated alkanes) is 1. The number of carbonyl (C=O) groups is 1. The monoisotopic (exact) mass is 414 g/mol. The molecule has 0 saturated heterocycles. The number of benzene rings is 2. The van der Waals surface area contributed by atoms with E-state index in [1.165, 1.54) is 5.56 Å². The van der Waals surface area contributed by atoms with Crippen molar-refractivity contribution in [2.45, 2.75) is 38.3 Å². The highest BCUT2D eigenvalue weighted by molar-refractivity contribution is 9.10.